The molecule has 2 heterocycles. The predicted molar refractivity (Wildman–Crippen MR) is 101 cm³/mol. The van der Waals surface area contributed by atoms with Crippen molar-refractivity contribution in [3.8, 4) is 0 Å². The van der Waals surface area contributed by atoms with Crippen LogP contribution in [0, 0.1) is 0 Å². The third kappa shape index (κ3) is 3.50. The maximum absolute atomic E-state index is 12.7. The number of piperidine rings is 1. The Bertz CT molecular complexity index is 577. The number of carbonyl (C=O) groups excluding carboxylic acids is 1. The number of fused-ring (bicyclic) bond motifs is 1. The van der Waals surface area contributed by atoms with E-state index in [1.807, 2.05) is 0 Å². The van der Waals surface area contributed by atoms with Gasteiger partial charge in [0, 0.05) is 25.2 Å². The molecule has 1 amide bonds. The van der Waals surface area contributed by atoms with E-state index in [-0.39, 0.29) is 11.8 Å². The average molecular weight is 345 g/mol. The van der Waals surface area contributed by atoms with Crippen LogP contribution in [-0.4, -0.2) is 47.5 Å². The lowest BCUT2D eigenvalue weighted by Crippen LogP contribution is -2.49. The molecule has 4 rings (SSSR count). The van der Waals surface area contributed by atoms with Gasteiger partial charge in [0.2, 0.25) is 5.91 Å². The van der Waals surface area contributed by atoms with Crippen molar-refractivity contribution in [1.29, 1.82) is 0 Å². The number of likely N-dealkylation sites (tertiary alicyclic amines) is 1. The fraction of sp³-hybridized carbons (Fsp3) is 0.650. The highest BCUT2D eigenvalue weighted by molar-refractivity contribution is 7.99. The van der Waals surface area contributed by atoms with Gasteiger partial charge in [-0.3, -0.25) is 4.79 Å². The fourth-order valence-electron chi connectivity index (χ4n) is 4.59. The maximum Gasteiger partial charge on any atom is 0.227 e. The van der Waals surface area contributed by atoms with Crippen LogP contribution in [0.5, 0.6) is 0 Å². The van der Waals surface area contributed by atoms with Crippen LogP contribution in [0.2, 0.25) is 0 Å². The Morgan fingerprint density at radius 3 is 2.58 bits per heavy atom. The Morgan fingerprint density at radius 1 is 1.04 bits per heavy atom. The summed E-state index contributed by atoms with van der Waals surface area (Å²) in [7, 11) is 0. The zero-order valence-electron chi connectivity index (χ0n) is 14.4. The molecular formula is C20H28N2OS. The van der Waals surface area contributed by atoms with Crippen LogP contribution in [-0.2, 0) is 11.2 Å². The summed E-state index contributed by atoms with van der Waals surface area (Å²) in [5, 5.41) is 3.36. The molecule has 0 spiro atoms. The monoisotopic (exact) mass is 344 g/mol. The van der Waals surface area contributed by atoms with Gasteiger partial charge < -0.3 is 10.2 Å². The van der Waals surface area contributed by atoms with E-state index in [1.165, 1.54) is 35.5 Å². The van der Waals surface area contributed by atoms with E-state index in [4.69, 9.17) is 0 Å². The minimum atomic E-state index is 0.0783. The summed E-state index contributed by atoms with van der Waals surface area (Å²) in [5.74, 6) is 2.98. The summed E-state index contributed by atoms with van der Waals surface area (Å²) in [4.78, 5) is 15.4. The molecule has 1 aromatic rings. The first-order valence-corrected chi connectivity index (χ1v) is 10.7. The Morgan fingerprint density at radius 2 is 1.79 bits per heavy atom. The molecule has 1 aromatic carbocycles. The largest absolute Gasteiger partial charge is 0.353 e. The normalized spacial score (nSPS) is 26.2. The molecule has 0 radical (unpaired) electrons. The number of aryl methyl sites for hydroxylation is 1. The molecular weight excluding hydrogens is 316 g/mol. The van der Waals surface area contributed by atoms with E-state index in [9.17, 15) is 4.79 Å². The lowest BCUT2D eigenvalue weighted by atomic mass is 9.97. The Hall–Kier alpha value is -1.00. The first kappa shape index (κ1) is 16.5. The summed E-state index contributed by atoms with van der Waals surface area (Å²) in [6.45, 7) is 2.31. The van der Waals surface area contributed by atoms with Crippen LogP contribution in [0.1, 0.15) is 49.1 Å². The van der Waals surface area contributed by atoms with Gasteiger partial charge in [0.15, 0.2) is 0 Å². The van der Waals surface area contributed by atoms with Gasteiger partial charge in [-0.05, 0) is 61.2 Å². The molecule has 24 heavy (non-hydrogen) atoms. The number of carbonyl (C=O) groups is 1. The molecule has 2 fully saturated rings. The van der Waals surface area contributed by atoms with Crippen LogP contribution >= 0.6 is 11.8 Å². The van der Waals surface area contributed by atoms with E-state index in [1.54, 1.807) is 0 Å². The minimum absolute atomic E-state index is 0.0783. The van der Waals surface area contributed by atoms with Gasteiger partial charge in [-0.2, -0.15) is 11.8 Å². The van der Waals surface area contributed by atoms with Crippen molar-refractivity contribution in [2.24, 2.45) is 0 Å². The molecule has 0 aromatic heterocycles. The molecule has 1 N–H and O–H groups in total. The first-order chi connectivity index (χ1) is 11.8. The fourth-order valence-corrected chi connectivity index (χ4v) is 5.67. The van der Waals surface area contributed by atoms with Crippen molar-refractivity contribution in [3.05, 3.63) is 35.4 Å². The molecule has 0 saturated carbocycles. The average Bonchev–Trinajstić information content (AvgIpc) is 3.07. The van der Waals surface area contributed by atoms with Gasteiger partial charge >= 0.3 is 0 Å². The Balaban J connectivity index is 1.29. The number of hydrogen-bond acceptors (Lipinski definition) is 3. The standard InChI is InChI=1S/C20H28N2OS/c23-20(19-6-5-15-3-1-2-4-18(15)19)21-16-7-11-22(12-8-16)17-9-13-24-14-10-17/h1-4,16-17,19H,5-14H2,(H,21,23)/t19-/m1/s1. The maximum atomic E-state index is 12.7. The van der Waals surface area contributed by atoms with E-state index in [0.717, 1.165) is 44.8 Å². The van der Waals surface area contributed by atoms with E-state index in [2.05, 4.69) is 46.2 Å². The van der Waals surface area contributed by atoms with Crippen molar-refractivity contribution in [2.45, 2.75) is 56.5 Å². The van der Waals surface area contributed by atoms with Gasteiger partial charge in [-0.1, -0.05) is 24.3 Å². The highest BCUT2D eigenvalue weighted by Crippen LogP contribution is 2.33. The molecule has 2 aliphatic heterocycles. The molecule has 1 aliphatic carbocycles. The second-order valence-corrected chi connectivity index (χ2v) is 8.68. The van der Waals surface area contributed by atoms with E-state index >= 15 is 0 Å². The molecule has 2 saturated heterocycles. The second kappa shape index (κ2) is 7.49. The number of thioether (sulfide) groups is 1. The highest BCUT2D eigenvalue weighted by Gasteiger charge is 2.31. The SMILES string of the molecule is O=C(NC1CCN(C2CCSCC2)CC1)[C@@H]1CCc2ccccc21. The number of rotatable bonds is 3. The molecule has 0 bridgehead atoms. The van der Waals surface area contributed by atoms with Crippen LogP contribution in [0.4, 0.5) is 0 Å². The highest BCUT2D eigenvalue weighted by atomic mass is 32.2. The first-order valence-electron chi connectivity index (χ1n) is 9.51. The molecule has 3 aliphatic rings. The van der Waals surface area contributed by atoms with Gasteiger partial charge in [0.1, 0.15) is 0 Å². The van der Waals surface area contributed by atoms with Crippen molar-refractivity contribution in [3.63, 3.8) is 0 Å². The quantitative estimate of drug-likeness (QED) is 0.914. The van der Waals surface area contributed by atoms with E-state index < -0.39 is 0 Å². The third-order valence-electron chi connectivity index (χ3n) is 6.03. The zero-order valence-corrected chi connectivity index (χ0v) is 15.2. The topological polar surface area (TPSA) is 32.3 Å². The summed E-state index contributed by atoms with van der Waals surface area (Å²) in [6, 6.07) is 9.62. The third-order valence-corrected chi connectivity index (χ3v) is 7.08. The predicted octanol–water partition coefficient (Wildman–Crippen LogP) is 3.19. The Kier molecular flexibility index (Phi) is 5.14. The molecule has 0 unspecified atom stereocenters. The van der Waals surface area contributed by atoms with Crippen LogP contribution in [0.3, 0.4) is 0 Å². The van der Waals surface area contributed by atoms with Crippen LogP contribution in [0.15, 0.2) is 24.3 Å². The van der Waals surface area contributed by atoms with Gasteiger partial charge in [0.25, 0.3) is 0 Å². The summed E-state index contributed by atoms with van der Waals surface area (Å²) < 4.78 is 0. The van der Waals surface area contributed by atoms with Crippen LogP contribution < -0.4 is 5.32 Å². The van der Waals surface area contributed by atoms with Gasteiger partial charge in [-0.15, -0.1) is 0 Å². The summed E-state index contributed by atoms with van der Waals surface area (Å²) in [6.07, 6.45) is 6.95. The number of nitrogens with zero attached hydrogens (tertiary/aromatic N) is 1. The summed E-state index contributed by atoms with van der Waals surface area (Å²) in [5.41, 5.74) is 2.62. The molecule has 1 atom stereocenters. The molecule has 4 heteroatoms. The molecule has 130 valence electrons. The van der Waals surface area contributed by atoms with E-state index in [0.29, 0.717) is 6.04 Å². The van der Waals surface area contributed by atoms with Crippen molar-refractivity contribution < 1.29 is 4.79 Å². The molecule has 3 nitrogen and oxygen atoms in total. The smallest absolute Gasteiger partial charge is 0.227 e. The van der Waals surface area contributed by atoms with Crippen molar-refractivity contribution in [1.82, 2.24) is 10.2 Å². The van der Waals surface area contributed by atoms with Crippen molar-refractivity contribution in [2.75, 3.05) is 24.6 Å². The minimum Gasteiger partial charge on any atom is -0.353 e. The summed E-state index contributed by atoms with van der Waals surface area (Å²) >= 11 is 2.10. The van der Waals surface area contributed by atoms with Crippen molar-refractivity contribution >= 4 is 17.7 Å². The second-order valence-electron chi connectivity index (χ2n) is 7.45. The number of hydrogen-bond donors (Lipinski definition) is 1. The van der Waals surface area contributed by atoms with Gasteiger partial charge in [-0.25, -0.2) is 0 Å². The lowest BCUT2D eigenvalue weighted by Gasteiger charge is -2.39. The number of benzene rings is 1. The lowest BCUT2D eigenvalue weighted by molar-refractivity contribution is -0.123. The van der Waals surface area contributed by atoms with Crippen LogP contribution in [0.25, 0.3) is 0 Å². The van der Waals surface area contributed by atoms with Gasteiger partial charge in [0.05, 0.1) is 5.92 Å². The number of amides is 1. The Labute approximate surface area is 149 Å². The zero-order chi connectivity index (χ0) is 16.4. The number of nitrogens with one attached hydrogen (secondary N) is 1.